The molecule has 12 heteroatoms. The van der Waals surface area contributed by atoms with Crippen molar-refractivity contribution >= 4 is 17.1 Å². The van der Waals surface area contributed by atoms with Crippen LogP contribution in [-0.2, 0) is 20.6 Å². The van der Waals surface area contributed by atoms with Crippen LogP contribution in [-0.4, -0.2) is 80.1 Å². The zero-order valence-corrected chi connectivity index (χ0v) is 18.8. The third-order valence-electron chi connectivity index (χ3n) is 5.25. The molecule has 0 aliphatic carbocycles. The average Bonchev–Trinajstić information content (AvgIpc) is 3.19. The van der Waals surface area contributed by atoms with Crippen molar-refractivity contribution in [2.24, 2.45) is 14.1 Å². The summed E-state index contributed by atoms with van der Waals surface area (Å²) in [7, 11) is 4.42. The Balaban J connectivity index is 1.98. The smallest absolute Gasteiger partial charge is 0.332 e. The molecule has 2 aromatic heterocycles. The van der Waals surface area contributed by atoms with E-state index < -0.39 is 17.4 Å². The van der Waals surface area contributed by atoms with E-state index in [-0.39, 0.29) is 56.6 Å². The van der Waals surface area contributed by atoms with Crippen LogP contribution < -0.4 is 25.6 Å². The molecule has 1 atom stereocenters. The highest BCUT2D eigenvalue weighted by Crippen LogP contribution is 2.21. The molecule has 0 aliphatic heterocycles. The summed E-state index contributed by atoms with van der Waals surface area (Å²) in [4.78, 5) is 31.4. The molecule has 3 N–H and O–H groups in total. The maximum absolute atomic E-state index is 12.9. The van der Waals surface area contributed by atoms with Crippen LogP contribution in [0.3, 0.4) is 0 Å². The van der Waals surface area contributed by atoms with E-state index >= 15 is 0 Å². The summed E-state index contributed by atoms with van der Waals surface area (Å²) in [6.07, 6.45) is -1.03. The van der Waals surface area contributed by atoms with Gasteiger partial charge in [-0.1, -0.05) is 0 Å². The van der Waals surface area contributed by atoms with Gasteiger partial charge in [0.2, 0.25) is 5.95 Å². The van der Waals surface area contributed by atoms with Gasteiger partial charge in [0.25, 0.3) is 5.56 Å². The SMILES string of the molecule is COc1ccc(OCC(O)Cn2c(N(CCO)CCO)nc3c2c(=O)n(C)c(=O)n3C)cc1. The zero-order valence-electron chi connectivity index (χ0n) is 18.8. The van der Waals surface area contributed by atoms with E-state index in [4.69, 9.17) is 9.47 Å². The van der Waals surface area contributed by atoms with Gasteiger partial charge in [-0.25, -0.2) is 4.79 Å². The molecule has 0 spiro atoms. The summed E-state index contributed by atoms with van der Waals surface area (Å²) < 4.78 is 14.5. The second-order valence-corrected chi connectivity index (χ2v) is 7.48. The Hall–Kier alpha value is -3.35. The molecule has 1 unspecified atom stereocenters. The van der Waals surface area contributed by atoms with Crippen LogP contribution in [0.5, 0.6) is 11.5 Å². The van der Waals surface area contributed by atoms with Crippen molar-refractivity contribution < 1.29 is 24.8 Å². The standard InChI is InChI=1S/C21H29N5O7/c1-23-18-17(19(30)24(2)21(23)31)26(20(22-18)25(8-10-27)9-11-28)12-14(29)13-33-16-6-4-15(32-3)5-7-16/h4-7,14,27-29H,8-13H2,1-3H3. The van der Waals surface area contributed by atoms with Gasteiger partial charge in [-0.3, -0.25) is 13.9 Å². The molecule has 33 heavy (non-hydrogen) atoms. The van der Waals surface area contributed by atoms with Gasteiger partial charge < -0.3 is 34.3 Å². The lowest BCUT2D eigenvalue weighted by atomic mass is 10.3. The summed E-state index contributed by atoms with van der Waals surface area (Å²) in [5.74, 6) is 1.45. The topological polar surface area (TPSA) is 144 Å². The monoisotopic (exact) mass is 463 g/mol. The minimum Gasteiger partial charge on any atom is -0.497 e. The molecule has 2 heterocycles. The van der Waals surface area contributed by atoms with Gasteiger partial charge in [-0.05, 0) is 24.3 Å². The predicted octanol–water partition coefficient (Wildman–Crippen LogP) is -1.33. The van der Waals surface area contributed by atoms with Gasteiger partial charge in [0.15, 0.2) is 11.2 Å². The van der Waals surface area contributed by atoms with E-state index in [1.807, 2.05) is 0 Å². The molecular weight excluding hydrogens is 434 g/mol. The Morgan fingerprint density at radius 1 is 1.03 bits per heavy atom. The fourth-order valence-corrected chi connectivity index (χ4v) is 3.53. The highest BCUT2D eigenvalue weighted by atomic mass is 16.5. The van der Waals surface area contributed by atoms with Gasteiger partial charge in [0.05, 0.1) is 26.9 Å². The van der Waals surface area contributed by atoms with E-state index in [9.17, 15) is 24.9 Å². The second-order valence-electron chi connectivity index (χ2n) is 7.48. The molecule has 0 bridgehead atoms. The molecule has 1 aromatic carbocycles. The molecular formula is C21H29N5O7. The fraction of sp³-hybridized carbons (Fsp3) is 0.476. The van der Waals surface area contributed by atoms with Gasteiger partial charge in [0, 0.05) is 27.2 Å². The quantitative estimate of drug-likeness (QED) is 0.315. The number of fused-ring (bicyclic) bond motifs is 1. The van der Waals surface area contributed by atoms with Gasteiger partial charge in [0.1, 0.15) is 24.2 Å². The average molecular weight is 463 g/mol. The molecule has 180 valence electrons. The first kappa shape index (κ1) is 24.3. The van der Waals surface area contributed by atoms with Crippen molar-refractivity contribution in [2.45, 2.75) is 12.6 Å². The second kappa shape index (κ2) is 10.5. The number of ether oxygens (including phenoxy) is 2. The van der Waals surface area contributed by atoms with Crippen LogP contribution in [0.4, 0.5) is 5.95 Å². The molecule has 3 rings (SSSR count). The number of aliphatic hydroxyl groups excluding tert-OH is 3. The highest BCUT2D eigenvalue weighted by Gasteiger charge is 2.24. The Bertz CT molecular complexity index is 1190. The number of imidazole rings is 1. The number of rotatable bonds is 11. The van der Waals surface area contributed by atoms with Gasteiger partial charge in [-0.2, -0.15) is 4.98 Å². The molecule has 0 radical (unpaired) electrons. The first-order valence-corrected chi connectivity index (χ1v) is 10.4. The van der Waals surface area contributed by atoms with Crippen LogP contribution in [0.1, 0.15) is 0 Å². The lowest BCUT2D eigenvalue weighted by Crippen LogP contribution is -2.38. The van der Waals surface area contributed by atoms with Crippen molar-refractivity contribution in [3.05, 3.63) is 45.1 Å². The Morgan fingerprint density at radius 2 is 1.64 bits per heavy atom. The van der Waals surface area contributed by atoms with Crippen molar-refractivity contribution in [1.29, 1.82) is 0 Å². The van der Waals surface area contributed by atoms with Crippen LogP contribution in [0.2, 0.25) is 0 Å². The maximum atomic E-state index is 12.9. The Labute approximate surface area is 189 Å². The summed E-state index contributed by atoms with van der Waals surface area (Å²) in [5, 5.41) is 29.6. The number of aryl methyl sites for hydroxylation is 1. The molecule has 0 fully saturated rings. The number of anilines is 1. The molecule has 0 amide bonds. The normalized spacial score (nSPS) is 12.2. The van der Waals surface area contributed by atoms with E-state index in [1.54, 1.807) is 36.3 Å². The number of methoxy groups -OCH3 is 1. The first-order valence-electron chi connectivity index (χ1n) is 10.4. The summed E-state index contributed by atoms with van der Waals surface area (Å²) >= 11 is 0. The Kier molecular flexibility index (Phi) is 7.74. The van der Waals surface area contributed by atoms with Crippen LogP contribution >= 0.6 is 0 Å². The number of benzene rings is 1. The molecule has 12 nitrogen and oxygen atoms in total. The maximum Gasteiger partial charge on any atom is 0.332 e. The molecule has 0 saturated carbocycles. The largest absolute Gasteiger partial charge is 0.497 e. The number of aromatic nitrogens is 4. The summed E-state index contributed by atoms with van der Waals surface area (Å²) in [5.41, 5.74) is -0.841. The highest BCUT2D eigenvalue weighted by molar-refractivity contribution is 5.74. The summed E-state index contributed by atoms with van der Waals surface area (Å²) in [6.45, 7) is -0.306. The van der Waals surface area contributed by atoms with E-state index in [0.29, 0.717) is 11.5 Å². The first-order chi connectivity index (χ1) is 15.8. The number of hydrogen-bond acceptors (Lipinski definition) is 9. The third kappa shape index (κ3) is 5.02. The van der Waals surface area contributed by atoms with Crippen molar-refractivity contribution in [1.82, 2.24) is 18.7 Å². The number of nitrogens with zero attached hydrogens (tertiary/aromatic N) is 5. The van der Waals surface area contributed by atoms with Crippen LogP contribution in [0, 0.1) is 0 Å². The molecule has 0 saturated heterocycles. The Morgan fingerprint density at radius 3 is 2.21 bits per heavy atom. The minimum atomic E-state index is -1.03. The zero-order chi connectivity index (χ0) is 24.1. The lowest BCUT2D eigenvalue weighted by molar-refractivity contribution is 0.0935. The van der Waals surface area contributed by atoms with Crippen molar-refractivity contribution in [3.8, 4) is 11.5 Å². The van der Waals surface area contributed by atoms with Crippen molar-refractivity contribution in [2.75, 3.05) is 44.9 Å². The predicted molar refractivity (Wildman–Crippen MR) is 121 cm³/mol. The number of hydrogen-bond donors (Lipinski definition) is 3. The molecule has 0 aliphatic rings. The summed E-state index contributed by atoms with van der Waals surface area (Å²) in [6, 6.07) is 6.88. The fourth-order valence-electron chi connectivity index (χ4n) is 3.53. The van der Waals surface area contributed by atoms with E-state index in [1.165, 1.54) is 23.2 Å². The minimum absolute atomic E-state index is 0.0667. The van der Waals surface area contributed by atoms with Gasteiger partial charge >= 0.3 is 5.69 Å². The van der Waals surface area contributed by atoms with Crippen molar-refractivity contribution in [3.63, 3.8) is 0 Å². The molecule has 3 aromatic rings. The lowest BCUT2D eigenvalue weighted by Gasteiger charge is -2.24. The third-order valence-corrected chi connectivity index (χ3v) is 5.25. The number of aliphatic hydroxyl groups is 3. The van der Waals surface area contributed by atoms with Crippen LogP contribution in [0.25, 0.3) is 11.2 Å². The van der Waals surface area contributed by atoms with E-state index in [2.05, 4.69) is 4.98 Å². The van der Waals surface area contributed by atoms with Crippen LogP contribution in [0.15, 0.2) is 33.9 Å². The van der Waals surface area contributed by atoms with E-state index in [0.717, 1.165) is 4.57 Å². The van der Waals surface area contributed by atoms with Gasteiger partial charge in [-0.15, -0.1) is 0 Å².